The largest absolute Gasteiger partial charge is 0.435 e. The lowest BCUT2D eigenvalue weighted by molar-refractivity contribution is -0.141. The molecular weight excluding hydrogens is 363 g/mol. The minimum absolute atomic E-state index is 0.110. The number of alkyl halides is 3. The molecule has 0 bridgehead atoms. The molecule has 0 saturated heterocycles. The van der Waals surface area contributed by atoms with E-state index in [1.807, 2.05) is 5.38 Å². The molecule has 2 aromatic rings. The maximum Gasteiger partial charge on any atom is 0.435 e. The summed E-state index contributed by atoms with van der Waals surface area (Å²) < 4.78 is 40.3. The second-order valence-corrected chi connectivity index (χ2v) is 8.53. The number of hydrogen-bond donors (Lipinski definition) is 1. The molecule has 26 heavy (non-hydrogen) atoms. The van der Waals surface area contributed by atoms with Gasteiger partial charge in [0, 0.05) is 18.1 Å². The number of carbonyl (C=O) groups excluding carboxylic acids is 1. The Hall–Kier alpha value is -1.83. The van der Waals surface area contributed by atoms with Crippen LogP contribution in [0.1, 0.15) is 67.4 Å². The van der Waals surface area contributed by atoms with Crippen molar-refractivity contribution in [1.29, 1.82) is 0 Å². The van der Waals surface area contributed by atoms with Gasteiger partial charge in [-0.05, 0) is 35.6 Å². The topological polar surface area (TPSA) is 46.9 Å². The summed E-state index contributed by atoms with van der Waals surface area (Å²) in [6, 6.07) is 1.74. The van der Waals surface area contributed by atoms with Crippen LogP contribution >= 0.6 is 11.3 Å². The van der Waals surface area contributed by atoms with Crippen molar-refractivity contribution in [2.24, 2.45) is 12.5 Å². The number of thiophene rings is 1. The second-order valence-electron chi connectivity index (χ2n) is 7.59. The highest BCUT2D eigenvalue weighted by Gasteiger charge is 2.39. The fourth-order valence-electron chi connectivity index (χ4n) is 2.96. The number of nitrogens with zero attached hydrogens (tertiary/aromatic N) is 2. The van der Waals surface area contributed by atoms with Crippen LogP contribution in [0.3, 0.4) is 0 Å². The minimum atomic E-state index is -4.68. The van der Waals surface area contributed by atoms with Crippen molar-refractivity contribution in [2.45, 2.75) is 52.6 Å². The van der Waals surface area contributed by atoms with Crippen molar-refractivity contribution < 1.29 is 18.0 Å². The van der Waals surface area contributed by atoms with E-state index >= 15 is 0 Å². The highest BCUT2D eigenvalue weighted by molar-refractivity contribution is 7.10. The quantitative estimate of drug-likeness (QED) is 0.717. The summed E-state index contributed by atoms with van der Waals surface area (Å²) in [7, 11) is 1.36. The monoisotopic (exact) mass is 387 g/mol. The molecular formula is C18H24F3N3OS. The molecule has 2 heterocycles. The van der Waals surface area contributed by atoms with Crippen LogP contribution in [0.15, 0.2) is 17.6 Å². The summed E-state index contributed by atoms with van der Waals surface area (Å²) in [5.74, 6) is -0.558. The average molecular weight is 387 g/mol. The molecule has 2 rings (SSSR count). The van der Waals surface area contributed by atoms with Gasteiger partial charge in [-0.2, -0.15) is 18.3 Å². The number of hydrogen-bond acceptors (Lipinski definition) is 3. The Bertz CT molecular complexity index is 771. The third-order valence-corrected chi connectivity index (χ3v) is 5.09. The zero-order valence-corrected chi connectivity index (χ0v) is 16.4. The number of nitrogens with one attached hydrogen (secondary N) is 1. The van der Waals surface area contributed by atoms with Crippen LogP contribution in [-0.2, 0) is 13.2 Å². The van der Waals surface area contributed by atoms with E-state index in [0.717, 1.165) is 28.6 Å². The van der Waals surface area contributed by atoms with Crippen molar-refractivity contribution in [2.75, 3.05) is 5.32 Å². The zero-order chi connectivity index (χ0) is 19.7. The molecule has 0 aliphatic heterocycles. The maximum atomic E-state index is 13.1. The molecule has 0 radical (unpaired) electrons. The number of halogens is 3. The van der Waals surface area contributed by atoms with E-state index < -0.39 is 23.3 Å². The predicted molar refractivity (Wildman–Crippen MR) is 97.6 cm³/mol. The smallest absolute Gasteiger partial charge is 0.321 e. The number of carbonyl (C=O) groups is 1. The third-order valence-electron chi connectivity index (χ3n) is 4.01. The summed E-state index contributed by atoms with van der Waals surface area (Å²) in [4.78, 5) is 13.5. The Balaban J connectivity index is 2.28. The molecule has 1 N–H and O–H groups in total. The lowest BCUT2D eigenvalue weighted by Crippen LogP contribution is -2.19. The van der Waals surface area contributed by atoms with Gasteiger partial charge in [-0.15, -0.1) is 11.3 Å². The molecule has 4 nitrogen and oxygen atoms in total. The van der Waals surface area contributed by atoms with Crippen LogP contribution in [0.25, 0.3) is 0 Å². The molecule has 0 aromatic carbocycles. The van der Waals surface area contributed by atoms with E-state index in [-0.39, 0.29) is 11.3 Å². The van der Waals surface area contributed by atoms with Gasteiger partial charge in [0.1, 0.15) is 0 Å². The molecule has 8 heteroatoms. The Morgan fingerprint density at radius 1 is 1.35 bits per heavy atom. The Morgan fingerprint density at radius 3 is 2.54 bits per heavy atom. The summed E-state index contributed by atoms with van der Waals surface area (Å²) in [6.07, 6.45) is -1.77. The molecule has 144 valence electrons. The number of anilines is 1. The van der Waals surface area contributed by atoms with E-state index in [1.54, 1.807) is 6.07 Å². The van der Waals surface area contributed by atoms with E-state index in [4.69, 9.17) is 0 Å². The van der Waals surface area contributed by atoms with Crippen molar-refractivity contribution in [3.05, 3.63) is 33.8 Å². The highest BCUT2D eigenvalue weighted by atomic mass is 32.1. The summed E-state index contributed by atoms with van der Waals surface area (Å²) in [5.41, 5.74) is -0.955. The maximum absolute atomic E-state index is 13.1. The Labute approximate surface area is 155 Å². The Kier molecular flexibility index (Phi) is 5.85. The van der Waals surface area contributed by atoms with Crippen molar-refractivity contribution in [1.82, 2.24) is 9.78 Å². The van der Waals surface area contributed by atoms with Crippen molar-refractivity contribution in [3.63, 3.8) is 0 Å². The number of amides is 1. The molecule has 1 unspecified atom stereocenters. The summed E-state index contributed by atoms with van der Waals surface area (Å²) in [5, 5.41) is 7.89. The van der Waals surface area contributed by atoms with Gasteiger partial charge in [-0.1, -0.05) is 27.7 Å². The second kappa shape index (κ2) is 7.42. The highest BCUT2D eigenvalue weighted by Crippen LogP contribution is 2.40. The predicted octanol–water partition coefficient (Wildman–Crippen LogP) is 5.68. The molecule has 2 aromatic heterocycles. The number of aromatic nitrogens is 2. The lowest BCUT2D eigenvalue weighted by Gasteiger charge is -2.25. The van der Waals surface area contributed by atoms with Crippen LogP contribution in [0.5, 0.6) is 0 Å². The number of rotatable bonds is 5. The number of aryl methyl sites for hydroxylation is 1. The zero-order valence-electron chi connectivity index (χ0n) is 15.6. The fourth-order valence-corrected chi connectivity index (χ4v) is 3.99. The van der Waals surface area contributed by atoms with Crippen molar-refractivity contribution in [3.8, 4) is 0 Å². The van der Waals surface area contributed by atoms with Gasteiger partial charge in [0.25, 0.3) is 5.91 Å². The normalized spacial score (nSPS) is 13.7. The van der Waals surface area contributed by atoms with E-state index in [9.17, 15) is 18.0 Å². The molecule has 0 aliphatic rings. The van der Waals surface area contributed by atoms with Crippen LogP contribution in [-0.4, -0.2) is 15.7 Å². The standard InChI is InChI=1S/C18H24F3N3OS/c1-6-11(9-17(2,3)4)14-13(7-8-26-14)22-16(25)12-10-24(5)23-15(12)18(19,20)21/h7-8,10-11H,6,9H2,1-5H3,(H,22,25). The summed E-state index contributed by atoms with van der Waals surface area (Å²) in [6.45, 7) is 8.51. The molecule has 0 saturated carbocycles. The molecule has 0 aliphatic carbocycles. The minimum Gasteiger partial charge on any atom is -0.321 e. The first-order chi connectivity index (χ1) is 11.9. The Morgan fingerprint density at radius 2 is 2.00 bits per heavy atom. The third kappa shape index (κ3) is 4.87. The molecule has 1 amide bonds. The SMILES string of the molecule is CCC(CC(C)(C)C)c1sccc1NC(=O)c1cn(C)nc1C(F)(F)F. The van der Waals surface area contributed by atoms with E-state index in [0.29, 0.717) is 5.69 Å². The van der Waals surface area contributed by atoms with Crippen LogP contribution in [0, 0.1) is 5.41 Å². The first kappa shape index (κ1) is 20.5. The van der Waals surface area contributed by atoms with E-state index in [2.05, 4.69) is 38.1 Å². The van der Waals surface area contributed by atoms with Crippen molar-refractivity contribution >= 4 is 22.9 Å². The van der Waals surface area contributed by atoms with Gasteiger partial charge in [0.2, 0.25) is 0 Å². The average Bonchev–Trinajstić information content (AvgIpc) is 3.10. The molecule has 0 spiro atoms. The van der Waals surface area contributed by atoms with Crippen LogP contribution in [0.2, 0.25) is 0 Å². The molecule has 1 atom stereocenters. The van der Waals surface area contributed by atoms with Crippen LogP contribution < -0.4 is 5.32 Å². The fraction of sp³-hybridized carbons (Fsp3) is 0.556. The first-order valence-electron chi connectivity index (χ1n) is 8.42. The van der Waals surface area contributed by atoms with Gasteiger partial charge in [0.05, 0.1) is 11.3 Å². The van der Waals surface area contributed by atoms with Gasteiger partial charge in [0.15, 0.2) is 5.69 Å². The van der Waals surface area contributed by atoms with Crippen LogP contribution in [0.4, 0.5) is 18.9 Å². The van der Waals surface area contributed by atoms with Gasteiger partial charge >= 0.3 is 6.18 Å². The van der Waals surface area contributed by atoms with Gasteiger partial charge < -0.3 is 5.32 Å². The first-order valence-corrected chi connectivity index (χ1v) is 9.30. The van der Waals surface area contributed by atoms with E-state index in [1.165, 1.54) is 18.4 Å². The van der Waals surface area contributed by atoms with Gasteiger partial charge in [-0.3, -0.25) is 9.48 Å². The van der Waals surface area contributed by atoms with Gasteiger partial charge in [-0.25, -0.2) is 0 Å². The molecule has 0 fully saturated rings. The summed E-state index contributed by atoms with van der Waals surface area (Å²) >= 11 is 1.52. The lowest BCUT2D eigenvalue weighted by atomic mass is 9.82.